The fraction of sp³-hybridized carbons (Fsp3) is 0.167. The summed E-state index contributed by atoms with van der Waals surface area (Å²) in [6.45, 7) is 0.236. The highest BCUT2D eigenvalue weighted by Crippen LogP contribution is 2.37. The lowest BCUT2D eigenvalue weighted by Crippen LogP contribution is -2.30. The van der Waals surface area contributed by atoms with E-state index in [1.807, 2.05) is 35.2 Å². The van der Waals surface area contributed by atoms with Crippen LogP contribution in [0.4, 0.5) is 11.5 Å². The summed E-state index contributed by atoms with van der Waals surface area (Å²) in [7, 11) is 3.13. The second-order valence-corrected chi connectivity index (χ2v) is 6.94. The Labute approximate surface area is 175 Å². The smallest absolute Gasteiger partial charge is 0.168 e. The number of anilines is 2. The van der Waals surface area contributed by atoms with Gasteiger partial charge in [0, 0.05) is 24.4 Å². The number of methoxy groups -OCH3 is 2. The van der Waals surface area contributed by atoms with Crippen molar-refractivity contribution in [3.63, 3.8) is 0 Å². The number of nitrogens with zero attached hydrogens (tertiary/aromatic N) is 2. The molecule has 152 valence electrons. The van der Waals surface area contributed by atoms with Crippen molar-refractivity contribution in [2.75, 3.05) is 25.7 Å². The van der Waals surface area contributed by atoms with Crippen molar-refractivity contribution in [3.05, 3.63) is 83.6 Å². The van der Waals surface area contributed by atoms with Crippen LogP contribution < -0.4 is 14.4 Å². The van der Waals surface area contributed by atoms with Crippen LogP contribution in [0.2, 0.25) is 0 Å². The number of aliphatic hydroxyl groups excluding tert-OH is 1. The predicted molar refractivity (Wildman–Crippen MR) is 115 cm³/mol. The van der Waals surface area contributed by atoms with Gasteiger partial charge in [-0.2, -0.15) is 0 Å². The van der Waals surface area contributed by atoms with E-state index >= 15 is 0 Å². The Bertz CT molecular complexity index is 1090. The molecule has 2 heterocycles. The van der Waals surface area contributed by atoms with E-state index in [0.717, 1.165) is 11.3 Å². The summed E-state index contributed by atoms with van der Waals surface area (Å²) in [6, 6.07) is 18.6. The highest BCUT2D eigenvalue weighted by atomic mass is 16.5. The van der Waals surface area contributed by atoms with E-state index in [9.17, 15) is 9.90 Å². The zero-order valence-corrected chi connectivity index (χ0v) is 16.8. The minimum absolute atomic E-state index is 0.0230. The fourth-order valence-corrected chi connectivity index (χ4v) is 3.57. The molecule has 1 aliphatic rings. The second-order valence-electron chi connectivity index (χ2n) is 6.94. The molecule has 0 radical (unpaired) electrons. The zero-order chi connectivity index (χ0) is 21.1. The molecular weight excluding hydrogens is 380 g/mol. The Morgan fingerprint density at radius 3 is 2.40 bits per heavy atom. The number of ketones is 1. The van der Waals surface area contributed by atoms with Crippen LogP contribution in [0.25, 0.3) is 5.76 Å². The van der Waals surface area contributed by atoms with Crippen molar-refractivity contribution in [1.29, 1.82) is 0 Å². The van der Waals surface area contributed by atoms with Crippen molar-refractivity contribution in [2.24, 2.45) is 0 Å². The number of benzene rings is 2. The maximum absolute atomic E-state index is 13.2. The molecule has 0 amide bonds. The van der Waals surface area contributed by atoms with Gasteiger partial charge in [-0.05, 0) is 42.0 Å². The number of hydrogen-bond acceptors (Lipinski definition) is 6. The van der Waals surface area contributed by atoms with Crippen LogP contribution in [0, 0.1) is 0 Å². The first-order chi connectivity index (χ1) is 14.6. The third-order valence-corrected chi connectivity index (χ3v) is 5.08. The van der Waals surface area contributed by atoms with Crippen LogP contribution in [0.3, 0.4) is 0 Å². The molecule has 1 aromatic heterocycles. The van der Waals surface area contributed by atoms with Crippen molar-refractivity contribution in [3.8, 4) is 11.5 Å². The average molecular weight is 402 g/mol. The summed E-state index contributed by atoms with van der Waals surface area (Å²) < 4.78 is 10.6. The average Bonchev–Trinajstić information content (AvgIpc) is 2.79. The molecule has 0 atom stereocenters. The minimum Gasteiger partial charge on any atom is -0.507 e. The Kier molecular flexibility index (Phi) is 5.39. The molecule has 6 nitrogen and oxygen atoms in total. The normalized spacial score (nSPS) is 13.1. The molecule has 1 N–H and O–H groups in total. The van der Waals surface area contributed by atoms with Crippen LogP contribution >= 0.6 is 0 Å². The quantitative estimate of drug-likeness (QED) is 0.662. The van der Waals surface area contributed by atoms with Gasteiger partial charge in [0.25, 0.3) is 0 Å². The number of hydrogen-bond donors (Lipinski definition) is 1. The number of ether oxygens (including phenoxy) is 2. The van der Waals surface area contributed by atoms with Crippen molar-refractivity contribution in [1.82, 2.24) is 4.98 Å². The largest absolute Gasteiger partial charge is 0.507 e. The second kappa shape index (κ2) is 8.29. The van der Waals surface area contributed by atoms with E-state index < -0.39 is 0 Å². The molecule has 0 fully saturated rings. The van der Waals surface area contributed by atoms with Crippen molar-refractivity contribution >= 4 is 23.0 Å². The lowest BCUT2D eigenvalue weighted by atomic mass is 9.95. The van der Waals surface area contributed by atoms with Crippen molar-refractivity contribution in [2.45, 2.75) is 6.42 Å². The van der Waals surface area contributed by atoms with E-state index in [2.05, 4.69) is 4.98 Å². The molecule has 0 unspecified atom stereocenters. The third kappa shape index (κ3) is 3.72. The van der Waals surface area contributed by atoms with Crippen LogP contribution in [-0.2, 0) is 11.2 Å². The Morgan fingerprint density at radius 2 is 1.73 bits per heavy atom. The fourth-order valence-electron chi connectivity index (χ4n) is 3.57. The molecule has 30 heavy (non-hydrogen) atoms. The van der Waals surface area contributed by atoms with Crippen LogP contribution in [-0.4, -0.2) is 36.6 Å². The van der Waals surface area contributed by atoms with Gasteiger partial charge in [-0.15, -0.1) is 0 Å². The van der Waals surface area contributed by atoms with Gasteiger partial charge >= 0.3 is 0 Å². The van der Waals surface area contributed by atoms with Crippen LogP contribution in [0.15, 0.2) is 72.4 Å². The zero-order valence-electron chi connectivity index (χ0n) is 16.8. The first kappa shape index (κ1) is 19.5. The van der Waals surface area contributed by atoms with Crippen molar-refractivity contribution < 1.29 is 19.4 Å². The summed E-state index contributed by atoms with van der Waals surface area (Å²) in [5.41, 5.74) is 2.54. The van der Waals surface area contributed by atoms with Gasteiger partial charge in [-0.1, -0.05) is 18.2 Å². The van der Waals surface area contributed by atoms with E-state index in [-0.39, 0.29) is 24.5 Å². The molecule has 6 heteroatoms. The third-order valence-electron chi connectivity index (χ3n) is 5.08. The SMILES string of the molecule is COc1cc(CC(=O)C2=C(O)c3cccnc3N(c3ccccc3)C2)cc(OC)c1. The van der Waals surface area contributed by atoms with Gasteiger partial charge in [-0.25, -0.2) is 4.98 Å². The number of carbonyl (C=O) groups excluding carboxylic acids is 1. The number of Topliss-reactive ketones (excluding diaryl/α,β-unsaturated/α-hetero) is 1. The lowest BCUT2D eigenvalue weighted by molar-refractivity contribution is -0.115. The molecule has 3 aromatic rings. The number of rotatable bonds is 6. The lowest BCUT2D eigenvalue weighted by Gasteiger charge is -2.31. The number of aromatic nitrogens is 1. The first-order valence-electron chi connectivity index (χ1n) is 9.56. The van der Waals surface area contributed by atoms with Gasteiger partial charge < -0.3 is 19.5 Å². The summed E-state index contributed by atoms with van der Waals surface area (Å²) >= 11 is 0. The van der Waals surface area contributed by atoms with E-state index in [1.165, 1.54) is 0 Å². The highest BCUT2D eigenvalue weighted by Gasteiger charge is 2.29. The standard InChI is InChI=1S/C24H22N2O4/c1-29-18-11-16(12-19(14-18)30-2)13-22(27)21-15-26(17-7-4-3-5-8-17)24-20(23(21)28)9-6-10-25-24/h3-12,14,28H,13,15H2,1-2H3. The van der Waals surface area contributed by atoms with E-state index in [0.29, 0.717) is 28.5 Å². The number of carbonyl (C=O) groups is 1. The summed E-state index contributed by atoms with van der Waals surface area (Å²) in [5.74, 6) is 1.66. The molecule has 0 bridgehead atoms. The first-order valence-corrected chi connectivity index (χ1v) is 9.56. The molecule has 2 aromatic carbocycles. The predicted octanol–water partition coefficient (Wildman–Crippen LogP) is 4.33. The number of fused-ring (bicyclic) bond motifs is 1. The highest BCUT2D eigenvalue weighted by molar-refractivity contribution is 6.05. The molecule has 4 rings (SSSR count). The Morgan fingerprint density at radius 1 is 1.03 bits per heavy atom. The molecule has 0 saturated carbocycles. The topological polar surface area (TPSA) is 71.9 Å². The number of pyridine rings is 1. The summed E-state index contributed by atoms with van der Waals surface area (Å²) in [4.78, 5) is 19.6. The summed E-state index contributed by atoms with van der Waals surface area (Å²) in [5, 5.41) is 10.9. The van der Waals surface area contributed by atoms with Gasteiger partial charge in [0.1, 0.15) is 23.1 Å². The maximum Gasteiger partial charge on any atom is 0.168 e. The van der Waals surface area contributed by atoms with E-state index in [1.54, 1.807) is 50.7 Å². The van der Waals surface area contributed by atoms with E-state index in [4.69, 9.17) is 9.47 Å². The molecule has 0 spiro atoms. The molecular formula is C24H22N2O4. The Hall–Kier alpha value is -3.80. The van der Waals surface area contributed by atoms with Gasteiger partial charge in [0.2, 0.25) is 0 Å². The van der Waals surface area contributed by atoms with Gasteiger partial charge in [0.15, 0.2) is 5.78 Å². The maximum atomic E-state index is 13.2. The molecule has 0 aliphatic carbocycles. The molecule has 0 saturated heterocycles. The van der Waals surface area contributed by atoms with Gasteiger partial charge in [0.05, 0.1) is 31.9 Å². The van der Waals surface area contributed by atoms with Crippen LogP contribution in [0.5, 0.6) is 11.5 Å². The molecule has 1 aliphatic heterocycles. The van der Waals surface area contributed by atoms with Crippen LogP contribution in [0.1, 0.15) is 11.1 Å². The number of aliphatic hydroxyl groups is 1. The monoisotopic (exact) mass is 402 g/mol. The summed E-state index contributed by atoms with van der Waals surface area (Å²) in [6.07, 6.45) is 1.79. The minimum atomic E-state index is -0.168. The van der Waals surface area contributed by atoms with Gasteiger partial charge in [-0.3, -0.25) is 4.79 Å². The Balaban J connectivity index is 1.71. The number of para-hydroxylation sites is 1.